The Kier molecular flexibility index (Phi) is 5.44. The summed E-state index contributed by atoms with van der Waals surface area (Å²) in [5, 5.41) is 27.4. The Morgan fingerprint density at radius 1 is 1.44 bits per heavy atom. The number of rotatable bonds is 6. The molecule has 0 fully saturated rings. The second kappa shape index (κ2) is 6.85. The summed E-state index contributed by atoms with van der Waals surface area (Å²) in [4.78, 5) is 15.4. The lowest BCUT2D eigenvalue weighted by Gasteiger charge is -2.13. The minimum atomic E-state index is -1.26. The molecule has 0 aliphatic carbocycles. The van der Waals surface area contributed by atoms with E-state index >= 15 is 0 Å². The molecule has 0 aromatic carbocycles. The highest BCUT2D eigenvalue weighted by molar-refractivity contribution is 5.89. The normalized spacial score (nSPS) is 13.7. The number of hydrogen-bond donors (Lipinski definition) is 3. The fourth-order valence-corrected chi connectivity index (χ4v) is 1.15. The number of aromatic nitrogens is 1. The quantitative estimate of drug-likeness (QED) is 0.470. The van der Waals surface area contributed by atoms with Crippen LogP contribution in [-0.4, -0.2) is 45.6 Å². The highest BCUT2D eigenvalue weighted by Crippen LogP contribution is 2.18. The van der Waals surface area contributed by atoms with Crippen LogP contribution in [0.15, 0.2) is 36.5 Å². The maximum absolute atomic E-state index is 11.5. The summed E-state index contributed by atoms with van der Waals surface area (Å²) < 4.78 is 4.66. The van der Waals surface area contributed by atoms with E-state index in [4.69, 9.17) is 10.2 Å². The van der Waals surface area contributed by atoms with Gasteiger partial charge in [0.2, 0.25) is 0 Å². The molecule has 98 valence electrons. The maximum Gasteiger partial charge on any atom is 0.336 e. The van der Waals surface area contributed by atoms with Crippen LogP contribution in [0.4, 0.5) is 0 Å². The van der Waals surface area contributed by atoms with Crippen LogP contribution < -0.4 is 0 Å². The molecule has 2 atom stereocenters. The van der Waals surface area contributed by atoms with Crippen molar-refractivity contribution in [2.24, 2.45) is 0 Å². The van der Waals surface area contributed by atoms with Crippen molar-refractivity contribution < 1.29 is 24.9 Å². The molecule has 1 aromatic rings. The average Bonchev–Trinajstić information content (AvgIpc) is 2.43. The number of ether oxygens (including phenoxy) is 1. The molecule has 0 radical (unpaired) electrons. The second-order valence-corrected chi connectivity index (χ2v) is 3.62. The molecule has 0 amide bonds. The Hall–Kier alpha value is -1.76. The SMILES string of the molecule is C=C(C(=O)OCC(O)CO)C(O)c1ccccn1. The van der Waals surface area contributed by atoms with Crippen molar-refractivity contribution in [3.8, 4) is 0 Å². The van der Waals surface area contributed by atoms with Gasteiger partial charge in [-0.15, -0.1) is 0 Å². The Bertz CT molecular complexity index is 406. The number of aliphatic hydroxyl groups is 3. The maximum atomic E-state index is 11.5. The third kappa shape index (κ3) is 3.92. The molecule has 18 heavy (non-hydrogen) atoms. The minimum Gasteiger partial charge on any atom is -0.459 e. The van der Waals surface area contributed by atoms with Crippen molar-refractivity contribution in [1.82, 2.24) is 4.98 Å². The van der Waals surface area contributed by atoms with E-state index in [1.165, 1.54) is 6.20 Å². The van der Waals surface area contributed by atoms with Gasteiger partial charge in [-0.1, -0.05) is 12.6 Å². The molecule has 2 unspecified atom stereocenters. The lowest BCUT2D eigenvalue weighted by molar-refractivity contribution is -0.143. The zero-order valence-corrected chi connectivity index (χ0v) is 9.69. The van der Waals surface area contributed by atoms with Gasteiger partial charge in [-0.2, -0.15) is 0 Å². The lowest BCUT2D eigenvalue weighted by atomic mass is 10.1. The van der Waals surface area contributed by atoms with E-state index in [1.807, 2.05) is 0 Å². The standard InChI is InChI=1S/C12H15NO5/c1-8(12(17)18-7-9(15)6-14)11(16)10-4-2-3-5-13-10/h2-5,9,11,14-16H,1,6-7H2. The van der Waals surface area contributed by atoms with Crippen LogP contribution in [0.2, 0.25) is 0 Å². The van der Waals surface area contributed by atoms with Crippen LogP contribution in [-0.2, 0) is 9.53 Å². The minimum absolute atomic E-state index is 0.182. The molecule has 6 nitrogen and oxygen atoms in total. The number of carbonyl (C=O) groups is 1. The van der Waals surface area contributed by atoms with Gasteiger partial charge in [-0.25, -0.2) is 4.79 Å². The van der Waals surface area contributed by atoms with Gasteiger partial charge in [-0.05, 0) is 12.1 Å². The van der Waals surface area contributed by atoms with Crippen LogP contribution >= 0.6 is 0 Å². The van der Waals surface area contributed by atoms with Gasteiger partial charge in [0.1, 0.15) is 18.8 Å². The lowest BCUT2D eigenvalue weighted by Crippen LogP contribution is -2.23. The van der Waals surface area contributed by atoms with E-state index in [0.717, 1.165) is 0 Å². The summed E-state index contributed by atoms with van der Waals surface area (Å²) in [6.07, 6.45) is -0.925. The zero-order chi connectivity index (χ0) is 13.5. The first-order valence-electron chi connectivity index (χ1n) is 5.30. The van der Waals surface area contributed by atoms with E-state index < -0.39 is 24.8 Å². The molecule has 1 heterocycles. The van der Waals surface area contributed by atoms with E-state index in [0.29, 0.717) is 0 Å². The topological polar surface area (TPSA) is 99.9 Å². The predicted molar refractivity (Wildman–Crippen MR) is 62.4 cm³/mol. The number of esters is 1. The van der Waals surface area contributed by atoms with Crippen LogP contribution in [0, 0.1) is 0 Å². The third-order valence-electron chi connectivity index (χ3n) is 2.18. The molecule has 0 bridgehead atoms. The summed E-state index contributed by atoms with van der Waals surface area (Å²) in [7, 11) is 0. The Balaban J connectivity index is 2.56. The zero-order valence-electron chi connectivity index (χ0n) is 9.69. The molecule has 0 saturated heterocycles. The number of aliphatic hydroxyl groups excluding tert-OH is 3. The van der Waals surface area contributed by atoms with Crippen LogP contribution in [0.25, 0.3) is 0 Å². The first-order chi connectivity index (χ1) is 8.56. The molecule has 6 heteroatoms. The summed E-state index contributed by atoms with van der Waals surface area (Å²) in [5.41, 5.74) is 0.0981. The largest absolute Gasteiger partial charge is 0.459 e. The summed E-state index contributed by atoms with van der Waals surface area (Å²) in [6.45, 7) is 2.56. The number of carbonyl (C=O) groups excluding carboxylic acids is 1. The molecular formula is C12H15NO5. The van der Waals surface area contributed by atoms with Gasteiger partial charge in [0.05, 0.1) is 17.9 Å². The van der Waals surface area contributed by atoms with Gasteiger partial charge in [0.25, 0.3) is 0 Å². The molecule has 1 aromatic heterocycles. The van der Waals surface area contributed by atoms with Gasteiger partial charge < -0.3 is 20.1 Å². The van der Waals surface area contributed by atoms with Crippen molar-refractivity contribution in [3.63, 3.8) is 0 Å². The highest BCUT2D eigenvalue weighted by atomic mass is 16.5. The molecular weight excluding hydrogens is 238 g/mol. The van der Waals surface area contributed by atoms with Crippen LogP contribution in [0.1, 0.15) is 11.8 Å². The van der Waals surface area contributed by atoms with Crippen molar-refractivity contribution >= 4 is 5.97 Å². The van der Waals surface area contributed by atoms with Gasteiger partial charge in [0.15, 0.2) is 0 Å². The van der Waals surface area contributed by atoms with Gasteiger partial charge in [-0.3, -0.25) is 4.98 Å². The summed E-state index contributed by atoms with van der Waals surface area (Å²) in [5.74, 6) is -0.847. The van der Waals surface area contributed by atoms with E-state index in [2.05, 4.69) is 16.3 Å². The van der Waals surface area contributed by atoms with Crippen molar-refractivity contribution in [1.29, 1.82) is 0 Å². The second-order valence-electron chi connectivity index (χ2n) is 3.62. The molecule has 0 aliphatic heterocycles. The van der Waals surface area contributed by atoms with Crippen LogP contribution in [0.5, 0.6) is 0 Å². The van der Waals surface area contributed by atoms with Gasteiger partial charge in [0, 0.05) is 6.20 Å². The number of pyridine rings is 1. The number of nitrogens with zero attached hydrogens (tertiary/aromatic N) is 1. The summed E-state index contributed by atoms with van der Waals surface area (Å²) in [6, 6.07) is 4.89. The fourth-order valence-electron chi connectivity index (χ4n) is 1.15. The monoisotopic (exact) mass is 253 g/mol. The Labute approximate surface area is 104 Å². The fraction of sp³-hybridized carbons (Fsp3) is 0.333. The Morgan fingerprint density at radius 2 is 2.17 bits per heavy atom. The van der Waals surface area contributed by atoms with Crippen molar-refractivity contribution in [3.05, 3.63) is 42.2 Å². The molecule has 0 saturated carbocycles. The van der Waals surface area contributed by atoms with E-state index in [9.17, 15) is 9.90 Å². The Morgan fingerprint density at radius 3 is 2.72 bits per heavy atom. The van der Waals surface area contributed by atoms with E-state index in [1.54, 1.807) is 18.2 Å². The third-order valence-corrected chi connectivity index (χ3v) is 2.18. The predicted octanol–water partition coefficient (Wildman–Crippen LogP) is -0.432. The van der Waals surface area contributed by atoms with E-state index in [-0.39, 0.29) is 17.9 Å². The van der Waals surface area contributed by atoms with Gasteiger partial charge >= 0.3 is 5.97 Å². The smallest absolute Gasteiger partial charge is 0.336 e. The highest BCUT2D eigenvalue weighted by Gasteiger charge is 2.21. The summed E-state index contributed by atoms with van der Waals surface area (Å²) >= 11 is 0. The number of hydrogen-bond acceptors (Lipinski definition) is 6. The molecule has 1 rings (SSSR count). The molecule has 0 aliphatic rings. The first-order valence-corrected chi connectivity index (χ1v) is 5.30. The molecule has 0 spiro atoms. The van der Waals surface area contributed by atoms with Crippen molar-refractivity contribution in [2.75, 3.05) is 13.2 Å². The molecule has 3 N–H and O–H groups in total. The van der Waals surface area contributed by atoms with Crippen molar-refractivity contribution in [2.45, 2.75) is 12.2 Å². The average molecular weight is 253 g/mol. The first kappa shape index (κ1) is 14.3. The van der Waals surface area contributed by atoms with Crippen LogP contribution in [0.3, 0.4) is 0 Å².